The van der Waals surface area contributed by atoms with E-state index in [9.17, 15) is 19.2 Å². The second-order valence-corrected chi connectivity index (χ2v) is 7.31. The maximum atomic E-state index is 12.9. The Labute approximate surface area is 163 Å². The summed E-state index contributed by atoms with van der Waals surface area (Å²) in [5.41, 5.74) is 1.14. The molecule has 140 valence electrons. The molecule has 1 aliphatic rings. The molecule has 1 fully saturated rings. The summed E-state index contributed by atoms with van der Waals surface area (Å²) >= 11 is 0.775. The number of benzene rings is 2. The van der Waals surface area contributed by atoms with Crippen molar-refractivity contribution in [3.8, 4) is 0 Å². The van der Waals surface area contributed by atoms with Crippen LogP contribution in [-0.2, 0) is 9.59 Å². The molecule has 3 aromatic rings. The van der Waals surface area contributed by atoms with Crippen molar-refractivity contribution in [2.24, 2.45) is 0 Å². The highest BCUT2D eigenvalue weighted by atomic mass is 32.2. The van der Waals surface area contributed by atoms with Crippen molar-refractivity contribution in [2.45, 2.75) is 11.7 Å². The molecule has 2 heterocycles. The molecule has 0 bridgehead atoms. The van der Waals surface area contributed by atoms with Crippen LogP contribution in [0.25, 0.3) is 11.0 Å². The van der Waals surface area contributed by atoms with Crippen molar-refractivity contribution >= 4 is 51.3 Å². The zero-order valence-electron chi connectivity index (χ0n) is 14.4. The van der Waals surface area contributed by atoms with Gasteiger partial charge in [-0.15, -0.1) is 0 Å². The summed E-state index contributed by atoms with van der Waals surface area (Å²) in [6.45, 7) is 0. The summed E-state index contributed by atoms with van der Waals surface area (Å²) in [5.74, 6) is -1.34. The maximum absolute atomic E-state index is 12.9. The molecular weight excluding hydrogens is 380 g/mol. The summed E-state index contributed by atoms with van der Waals surface area (Å²) in [6.07, 6.45) is -0.194. The third kappa shape index (κ3) is 3.41. The molecule has 4 rings (SSSR count). The Morgan fingerprint density at radius 2 is 1.75 bits per heavy atom. The summed E-state index contributed by atoms with van der Waals surface area (Å²) in [4.78, 5) is 48.4. The van der Waals surface area contributed by atoms with Crippen LogP contribution in [0.15, 0.2) is 59.0 Å². The molecule has 1 aromatic heterocycles. The van der Waals surface area contributed by atoms with Crippen molar-refractivity contribution < 1.29 is 23.6 Å². The largest absolute Gasteiger partial charge is 0.450 e. The number of carbonyl (C=O) groups excluding carboxylic acids is 4. The number of nitrogens with one attached hydrogen (secondary N) is 2. The van der Waals surface area contributed by atoms with Gasteiger partial charge in [-0.05, 0) is 12.1 Å². The first-order valence-electron chi connectivity index (χ1n) is 8.45. The Morgan fingerprint density at radius 3 is 2.46 bits per heavy atom. The predicted octanol–water partition coefficient (Wildman–Crippen LogP) is 3.34. The molecule has 0 aliphatic carbocycles. The Balaban J connectivity index is 1.65. The predicted molar refractivity (Wildman–Crippen MR) is 104 cm³/mol. The van der Waals surface area contributed by atoms with E-state index in [0.29, 0.717) is 16.5 Å². The molecule has 0 saturated carbocycles. The van der Waals surface area contributed by atoms with E-state index in [1.54, 1.807) is 54.6 Å². The summed E-state index contributed by atoms with van der Waals surface area (Å²) in [5, 5.41) is 4.14. The van der Waals surface area contributed by atoms with Crippen molar-refractivity contribution in [3.63, 3.8) is 0 Å². The molecule has 8 heteroatoms. The molecule has 1 saturated heterocycles. The molecule has 1 unspecified atom stereocenters. The Bertz CT molecular complexity index is 1110. The van der Waals surface area contributed by atoms with Gasteiger partial charge in [-0.2, -0.15) is 0 Å². The van der Waals surface area contributed by atoms with Gasteiger partial charge in [0, 0.05) is 17.4 Å². The Hall–Kier alpha value is -3.39. The first-order valence-corrected chi connectivity index (χ1v) is 9.33. The zero-order chi connectivity index (χ0) is 19.7. The monoisotopic (exact) mass is 394 g/mol. The lowest BCUT2D eigenvalue weighted by Crippen LogP contribution is -2.27. The van der Waals surface area contributed by atoms with E-state index < -0.39 is 22.3 Å². The number of ketones is 1. The molecule has 1 aliphatic heterocycles. The highest BCUT2D eigenvalue weighted by molar-refractivity contribution is 8.15. The van der Waals surface area contributed by atoms with Crippen LogP contribution >= 0.6 is 11.8 Å². The molecule has 0 spiro atoms. The van der Waals surface area contributed by atoms with Crippen LogP contribution in [0.1, 0.15) is 22.5 Å². The third-order valence-electron chi connectivity index (χ3n) is 4.24. The fourth-order valence-corrected chi connectivity index (χ4v) is 3.76. The minimum absolute atomic E-state index is 0.0142. The number of imide groups is 1. The number of anilines is 1. The fraction of sp³-hybridized carbons (Fsp3) is 0.100. The lowest BCUT2D eigenvalue weighted by atomic mass is 10.1. The molecule has 7 nitrogen and oxygen atoms in total. The van der Waals surface area contributed by atoms with Crippen molar-refractivity contribution in [2.75, 3.05) is 5.32 Å². The maximum Gasteiger partial charge on any atom is 0.286 e. The molecule has 3 amide bonds. The standard InChI is InChI=1S/C20H14N2O5S/c23-15(10-14-19(25)22-20(26)28-14)21-16-12-8-4-5-9-13(12)27-18(16)17(24)11-6-2-1-3-7-11/h1-9,14H,10H2,(H,21,23)(H,22,25,26). The number of furan rings is 1. The van der Waals surface area contributed by atoms with E-state index >= 15 is 0 Å². The average molecular weight is 394 g/mol. The number of rotatable bonds is 5. The van der Waals surface area contributed by atoms with E-state index in [-0.39, 0.29) is 23.7 Å². The summed E-state index contributed by atoms with van der Waals surface area (Å²) in [6, 6.07) is 15.6. The highest BCUT2D eigenvalue weighted by Gasteiger charge is 2.34. The summed E-state index contributed by atoms with van der Waals surface area (Å²) < 4.78 is 5.72. The minimum Gasteiger partial charge on any atom is -0.450 e. The number of thioether (sulfide) groups is 1. The van der Waals surface area contributed by atoms with Crippen LogP contribution in [0.2, 0.25) is 0 Å². The number of carbonyl (C=O) groups is 4. The quantitative estimate of drug-likeness (QED) is 0.643. The van der Waals surface area contributed by atoms with Crippen LogP contribution in [-0.4, -0.2) is 28.1 Å². The van der Waals surface area contributed by atoms with Gasteiger partial charge in [-0.3, -0.25) is 24.5 Å². The van der Waals surface area contributed by atoms with Crippen LogP contribution in [0, 0.1) is 0 Å². The number of para-hydroxylation sites is 1. The lowest BCUT2D eigenvalue weighted by Gasteiger charge is -2.08. The van der Waals surface area contributed by atoms with E-state index in [4.69, 9.17) is 4.42 Å². The van der Waals surface area contributed by atoms with E-state index in [0.717, 1.165) is 11.8 Å². The van der Waals surface area contributed by atoms with E-state index in [1.165, 1.54) is 0 Å². The van der Waals surface area contributed by atoms with Crippen molar-refractivity contribution in [1.82, 2.24) is 5.32 Å². The molecule has 0 radical (unpaired) electrons. The third-order valence-corrected chi connectivity index (χ3v) is 5.22. The second kappa shape index (κ2) is 7.32. The summed E-state index contributed by atoms with van der Waals surface area (Å²) in [7, 11) is 0. The second-order valence-electron chi connectivity index (χ2n) is 6.13. The lowest BCUT2D eigenvalue weighted by molar-refractivity contribution is -0.122. The number of hydrogen-bond acceptors (Lipinski definition) is 6. The van der Waals surface area contributed by atoms with Crippen LogP contribution in [0.4, 0.5) is 10.5 Å². The van der Waals surface area contributed by atoms with Gasteiger partial charge in [-0.25, -0.2) is 0 Å². The van der Waals surface area contributed by atoms with Crippen molar-refractivity contribution in [1.29, 1.82) is 0 Å². The zero-order valence-corrected chi connectivity index (χ0v) is 15.2. The Morgan fingerprint density at radius 1 is 1.04 bits per heavy atom. The average Bonchev–Trinajstić information content (AvgIpc) is 3.21. The molecular formula is C20H14N2O5S. The molecule has 2 aromatic carbocycles. The van der Waals surface area contributed by atoms with Gasteiger partial charge >= 0.3 is 0 Å². The normalized spacial score (nSPS) is 16.2. The van der Waals surface area contributed by atoms with Gasteiger partial charge < -0.3 is 9.73 Å². The minimum atomic E-state index is -0.793. The van der Waals surface area contributed by atoms with Crippen LogP contribution in [0.5, 0.6) is 0 Å². The Kier molecular flexibility index (Phi) is 4.70. The molecule has 1 atom stereocenters. The number of fused-ring (bicyclic) bond motifs is 1. The van der Waals surface area contributed by atoms with Crippen LogP contribution < -0.4 is 10.6 Å². The topological polar surface area (TPSA) is 105 Å². The van der Waals surface area contributed by atoms with E-state index in [2.05, 4.69) is 10.6 Å². The first-order chi connectivity index (χ1) is 13.5. The molecule has 28 heavy (non-hydrogen) atoms. The fourth-order valence-electron chi connectivity index (χ4n) is 2.94. The van der Waals surface area contributed by atoms with Crippen LogP contribution in [0.3, 0.4) is 0 Å². The van der Waals surface area contributed by atoms with Gasteiger partial charge in [0.15, 0.2) is 5.76 Å². The first kappa shape index (κ1) is 18.0. The molecule has 2 N–H and O–H groups in total. The van der Waals surface area contributed by atoms with E-state index in [1.807, 2.05) is 0 Å². The van der Waals surface area contributed by atoms with Gasteiger partial charge in [0.05, 0.1) is 5.69 Å². The number of hydrogen-bond donors (Lipinski definition) is 2. The van der Waals surface area contributed by atoms with Gasteiger partial charge in [0.25, 0.3) is 5.24 Å². The van der Waals surface area contributed by atoms with Crippen molar-refractivity contribution in [3.05, 3.63) is 65.9 Å². The van der Waals surface area contributed by atoms with Gasteiger partial charge in [0.1, 0.15) is 10.8 Å². The smallest absolute Gasteiger partial charge is 0.286 e. The SMILES string of the molecule is O=C(CC1SC(=O)NC1=O)Nc1c(C(=O)c2ccccc2)oc2ccccc12. The van der Waals surface area contributed by atoms with Gasteiger partial charge in [0.2, 0.25) is 17.6 Å². The number of amides is 3. The highest BCUT2D eigenvalue weighted by Crippen LogP contribution is 2.33. The van der Waals surface area contributed by atoms with Gasteiger partial charge in [-0.1, -0.05) is 54.2 Å².